The molecular weight excluding hydrogens is 302 g/mol. The van der Waals surface area contributed by atoms with Gasteiger partial charge in [-0.05, 0) is 49.6 Å². The van der Waals surface area contributed by atoms with Crippen molar-refractivity contribution < 1.29 is 14.6 Å². The highest BCUT2D eigenvalue weighted by atomic mass is 16.6. The third-order valence-corrected chi connectivity index (χ3v) is 3.18. The Labute approximate surface area is 142 Å². The molecule has 0 aliphatic heterocycles. The molecule has 0 saturated carbocycles. The second kappa shape index (κ2) is 7.68. The summed E-state index contributed by atoms with van der Waals surface area (Å²) in [4.78, 5) is 11.6. The fourth-order valence-electron chi connectivity index (χ4n) is 2.01. The number of nitrogens with one attached hydrogen (secondary N) is 1. The number of ether oxygens (including phenoxy) is 1. The van der Waals surface area contributed by atoms with E-state index in [9.17, 15) is 9.90 Å². The van der Waals surface area contributed by atoms with Crippen molar-refractivity contribution in [1.29, 1.82) is 0 Å². The van der Waals surface area contributed by atoms with Gasteiger partial charge in [0.1, 0.15) is 11.4 Å². The molecule has 0 fully saturated rings. The highest BCUT2D eigenvalue weighted by molar-refractivity contribution is 5.70. The molecular formula is C20H23NO3. The standard InChI is InChI=1S/C20H23NO3/c1-20(2,3)24-19(23)21-14-17-8-6-15(7-9-17)4-5-16-10-12-18(22)13-11-16/h4-13,22H,14H2,1-3H3,(H,21,23). The molecule has 0 aliphatic rings. The van der Waals surface area contributed by atoms with Gasteiger partial charge in [-0.25, -0.2) is 4.79 Å². The first-order valence-electron chi connectivity index (χ1n) is 7.85. The molecule has 0 atom stereocenters. The van der Waals surface area contributed by atoms with Crippen LogP contribution < -0.4 is 5.32 Å². The molecule has 0 saturated heterocycles. The zero-order valence-corrected chi connectivity index (χ0v) is 14.2. The highest BCUT2D eigenvalue weighted by Gasteiger charge is 2.15. The molecule has 0 heterocycles. The Kier molecular flexibility index (Phi) is 5.64. The Balaban J connectivity index is 1.88. The van der Waals surface area contributed by atoms with Crippen molar-refractivity contribution in [2.75, 3.05) is 0 Å². The summed E-state index contributed by atoms with van der Waals surface area (Å²) in [6, 6.07) is 14.9. The van der Waals surface area contributed by atoms with Crippen molar-refractivity contribution in [2.45, 2.75) is 32.9 Å². The molecule has 0 radical (unpaired) electrons. The lowest BCUT2D eigenvalue weighted by atomic mass is 10.1. The summed E-state index contributed by atoms with van der Waals surface area (Å²) in [7, 11) is 0. The number of carbonyl (C=O) groups excluding carboxylic acids is 1. The topological polar surface area (TPSA) is 58.6 Å². The first-order chi connectivity index (χ1) is 11.3. The van der Waals surface area contributed by atoms with E-state index in [0.717, 1.165) is 16.7 Å². The van der Waals surface area contributed by atoms with Gasteiger partial charge in [-0.1, -0.05) is 48.6 Å². The first kappa shape index (κ1) is 17.6. The lowest BCUT2D eigenvalue weighted by Gasteiger charge is -2.19. The Hall–Kier alpha value is -2.75. The van der Waals surface area contributed by atoms with Gasteiger partial charge < -0.3 is 15.2 Å². The molecule has 2 aromatic rings. The number of rotatable bonds is 4. The van der Waals surface area contributed by atoms with Crippen LogP contribution in [0, 0.1) is 0 Å². The van der Waals surface area contributed by atoms with Crippen molar-refractivity contribution in [2.24, 2.45) is 0 Å². The fourth-order valence-corrected chi connectivity index (χ4v) is 2.01. The zero-order valence-electron chi connectivity index (χ0n) is 14.2. The number of hydrogen-bond acceptors (Lipinski definition) is 3. The van der Waals surface area contributed by atoms with Gasteiger partial charge in [-0.15, -0.1) is 0 Å². The largest absolute Gasteiger partial charge is 0.508 e. The predicted molar refractivity (Wildman–Crippen MR) is 96.6 cm³/mol. The minimum atomic E-state index is -0.493. The van der Waals surface area contributed by atoms with E-state index in [-0.39, 0.29) is 5.75 Å². The number of benzene rings is 2. The van der Waals surface area contributed by atoms with Gasteiger partial charge in [-0.3, -0.25) is 0 Å². The van der Waals surface area contributed by atoms with E-state index in [4.69, 9.17) is 4.74 Å². The second-order valence-electron chi connectivity index (χ2n) is 6.52. The van der Waals surface area contributed by atoms with Crippen LogP contribution in [0.5, 0.6) is 5.75 Å². The van der Waals surface area contributed by atoms with E-state index >= 15 is 0 Å². The van der Waals surface area contributed by atoms with Crippen molar-refractivity contribution in [3.05, 3.63) is 65.2 Å². The number of phenolic OH excluding ortho intramolecular Hbond substituents is 1. The Bertz CT molecular complexity index is 695. The summed E-state index contributed by atoms with van der Waals surface area (Å²) in [6.45, 7) is 5.93. The molecule has 24 heavy (non-hydrogen) atoms. The SMILES string of the molecule is CC(C)(C)OC(=O)NCc1ccc(C=Cc2ccc(O)cc2)cc1. The summed E-state index contributed by atoms with van der Waals surface area (Å²) in [5.74, 6) is 0.258. The lowest BCUT2D eigenvalue weighted by Crippen LogP contribution is -2.32. The van der Waals surface area contributed by atoms with Gasteiger partial charge in [-0.2, -0.15) is 0 Å². The zero-order chi connectivity index (χ0) is 17.6. The molecule has 0 unspecified atom stereocenters. The average Bonchev–Trinajstić information content (AvgIpc) is 2.52. The van der Waals surface area contributed by atoms with Crippen LogP contribution in [0.2, 0.25) is 0 Å². The summed E-state index contributed by atoms with van der Waals surface area (Å²) in [5.41, 5.74) is 2.59. The number of phenols is 1. The normalized spacial score (nSPS) is 11.5. The van der Waals surface area contributed by atoms with E-state index < -0.39 is 11.7 Å². The minimum absolute atomic E-state index is 0.258. The predicted octanol–water partition coefficient (Wildman–Crippen LogP) is 4.59. The van der Waals surface area contributed by atoms with Crippen LogP contribution >= 0.6 is 0 Å². The van der Waals surface area contributed by atoms with E-state index in [1.807, 2.05) is 69.3 Å². The Morgan fingerprint density at radius 3 is 2.00 bits per heavy atom. The second-order valence-corrected chi connectivity index (χ2v) is 6.52. The van der Waals surface area contributed by atoms with E-state index in [2.05, 4.69) is 5.32 Å². The number of carbonyl (C=O) groups is 1. The minimum Gasteiger partial charge on any atom is -0.508 e. The van der Waals surface area contributed by atoms with Crippen molar-refractivity contribution in [1.82, 2.24) is 5.32 Å². The molecule has 0 bridgehead atoms. The third-order valence-electron chi connectivity index (χ3n) is 3.18. The van der Waals surface area contributed by atoms with E-state index in [0.29, 0.717) is 6.54 Å². The van der Waals surface area contributed by atoms with Crippen LogP contribution in [0.25, 0.3) is 12.2 Å². The maximum Gasteiger partial charge on any atom is 0.407 e. The smallest absolute Gasteiger partial charge is 0.407 e. The van der Waals surface area contributed by atoms with Crippen molar-refractivity contribution in [3.63, 3.8) is 0 Å². The summed E-state index contributed by atoms with van der Waals surface area (Å²) in [6.07, 6.45) is 3.56. The number of alkyl carbamates (subject to hydrolysis) is 1. The van der Waals surface area contributed by atoms with Crippen LogP contribution in [-0.2, 0) is 11.3 Å². The quantitative estimate of drug-likeness (QED) is 0.809. The maximum atomic E-state index is 11.6. The Morgan fingerprint density at radius 2 is 1.50 bits per heavy atom. The summed E-state index contributed by atoms with van der Waals surface area (Å²) < 4.78 is 5.20. The third kappa shape index (κ3) is 6.16. The number of amides is 1. The molecule has 4 heteroatoms. The van der Waals surface area contributed by atoms with Crippen LogP contribution in [0.3, 0.4) is 0 Å². The van der Waals surface area contributed by atoms with Gasteiger partial charge in [0.15, 0.2) is 0 Å². The molecule has 0 aliphatic carbocycles. The molecule has 1 amide bonds. The monoisotopic (exact) mass is 325 g/mol. The molecule has 126 valence electrons. The number of aromatic hydroxyl groups is 1. The van der Waals surface area contributed by atoms with Crippen LogP contribution in [0.4, 0.5) is 4.79 Å². The summed E-state index contributed by atoms with van der Waals surface area (Å²) in [5, 5.41) is 12.0. The van der Waals surface area contributed by atoms with Crippen LogP contribution in [0.15, 0.2) is 48.5 Å². The van der Waals surface area contributed by atoms with Crippen LogP contribution in [0.1, 0.15) is 37.5 Å². The van der Waals surface area contributed by atoms with Gasteiger partial charge in [0.2, 0.25) is 0 Å². The summed E-state index contributed by atoms with van der Waals surface area (Å²) >= 11 is 0. The Morgan fingerprint density at radius 1 is 1.00 bits per heavy atom. The van der Waals surface area contributed by atoms with Gasteiger partial charge in [0.25, 0.3) is 0 Å². The molecule has 2 rings (SSSR count). The first-order valence-corrected chi connectivity index (χ1v) is 7.85. The molecule has 2 N–H and O–H groups in total. The highest BCUT2D eigenvalue weighted by Crippen LogP contribution is 2.13. The van der Waals surface area contributed by atoms with Crippen LogP contribution in [-0.4, -0.2) is 16.8 Å². The molecule has 0 aromatic heterocycles. The fraction of sp³-hybridized carbons (Fsp3) is 0.250. The molecule has 0 spiro atoms. The van der Waals surface area contributed by atoms with E-state index in [1.165, 1.54) is 0 Å². The molecule has 2 aromatic carbocycles. The lowest BCUT2D eigenvalue weighted by molar-refractivity contribution is 0.0523. The van der Waals surface area contributed by atoms with E-state index in [1.54, 1.807) is 12.1 Å². The number of hydrogen-bond donors (Lipinski definition) is 2. The van der Waals surface area contributed by atoms with Gasteiger partial charge in [0.05, 0.1) is 0 Å². The van der Waals surface area contributed by atoms with Gasteiger partial charge in [0, 0.05) is 6.54 Å². The molecule has 4 nitrogen and oxygen atoms in total. The average molecular weight is 325 g/mol. The van der Waals surface area contributed by atoms with Crippen molar-refractivity contribution in [3.8, 4) is 5.75 Å². The maximum absolute atomic E-state index is 11.6. The van der Waals surface area contributed by atoms with Gasteiger partial charge >= 0.3 is 6.09 Å². The van der Waals surface area contributed by atoms with Crippen molar-refractivity contribution >= 4 is 18.2 Å².